The van der Waals surface area contributed by atoms with Gasteiger partial charge in [0, 0.05) is 13.6 Å². The smallest absolute Gasteiger partial charge is 0.408 e. The maximum absolute atomic E-state index is 12.7. The van der Waals surface area contributed by atoms with E-state index < -0.39 is 23.8 Å². The summed E-state index contributed by atoms with van der Waals surface area (Å²) in [4.78, 5) is 50.3. The molecule has 28 heavy (non-hydrogen) atoms. The number of nitrogens with one attached hydrogen (secondary N) is 3. The van der Waals surface area contributed by atoms with Gasteiger partial charge in [0.05, 0.1) is 0 Å². The van der Waals surface area contributed by atoms with Crippen LogP contribution in [0.5, 0.6) is 0 Å². The quantitative estimate of drug-likeness (QED) is 0.562. The number of alkyl carbamates (subject to hydrolysis) is 1. The molecule has 0 aromatic rings. The van der Waals surface area contributed by atoms with Crippen molar-refractivity contribution in [1.82, 2.24) is 20.9 Å². The minimum atomic E-state index is -0.680. The topological polar surface area (TPSA) is 117 Å². The van der Waals surface area contributed by atoms with Gasteiger partial charge in [0.15, 0.2) is 0 Å². The normalized spacial score (nSPS) is 17.6. The summed E-state index contributed by atoms with van der Waals surface area (Å²) in [5, 5.41) is 7.75. The second-order valence-corrected chi connectivity index (χ2v) is 7.92. The lowest BCUT2D eigenvalue weighted by atomic mass is 10.1. The van der Waals surface area contributed by atoms with Crippen LogP contribution in [0.15, 0.2) is 0 Å². The first-order chi connectivity index (χ1) is 13.1. The Balaban J connectivity index is 2.64. The third kappa shape index (κ3) is 7.74. The SMILES string of the molecule is CCCC[C@H](NC(=O)[C@@H]1CCCN1C(=O)CNC(=O)OC(C)(C)C)C(=O)NC. The van der Waals surface area contributed by atoms with Gasteiger partial charge < -0.3 is 25.6 Å². The number of unbranched alkanes of at least 4 members (excludes halogenated alkanes) is 1. The Morgan fingerprint density at radius 2 is 1.89 bits per heavy atom. The van der Waals surface area contributed by atoms with Gasteiger partial charge in [-0.3, -0.25) is 14.4 Å². The van der Waals surface area contributed by atoms with Crippen molar-refractivity contribution in [3.63, 3.8) is 0 Å². The highest BCUT2D eigenvalue weighted by molar-refractivity contribution is 5.93. The summed E-state index contributed by atoms with van der Waals surface area (Å²) >= 11 is 0. The van der Waals surface area contributed by atoms with Crippen molar-refractivity contribution in [3.8, 4) is 0 Å². The molecule has 1 rings (SSSR count). The van der Waals surface area contributed by atoms with E-state index in [0.717, 1.165) is 12.8 Å². The molecule has 0 aliphatic carbocycles. The molecule has 160 valence electrons. The lowest BCUT2D eigenvalue weighted by Crippen LogP contribution is -2.53. The van der Waals surface area contributed by atoms with E-state index in [9.17, 15) is 19.2 Å². The molecule has 9 heteroatoms. The van der Waals surface area contributed by atoms with Gasteiger partial charge in [-0.05, 0) is 40.0 Å². The molecule has 1 aliphatic heterocycles. The highest BCUT2D eigenvalue weighted by Gasteiger charge is 2.35. The molecule has 0 spiro atoms. The summed E-state index contributed by atoms with van der Waals surface area (Å²) < 4.78 is 5.11. The summed E-state index contributed by atoms with van der Waals surface area (Å²) in [5.74, 6) is -0.939. The fourth-order valence-electron chi connectivity index (χ4n) is 3.02. The van der Waals surface area contributed by atoms with Gasteiger partial charge in [-0.25, -0.2) is 4.79 Å². The lowest BCUT2D eigenvalue weighted by molar-refractivity contribution is -0.139. The van der Waals surface area contributed by atoms with Crippen molar-refractivity contribution < 1.29 is 23.9 Å². The maximum Gasteiger partial charge on any atom is 0.408 e. The number of amides is 4. The van der Waals surface area contributed by atoms with Crippen LogP contribution in [0.3, 0.4) is 0 Å². The number of hydrogen-bond acceptors (Lipinski definition) is 5. The molecule has 2 atom stereocenters. The predicted molar refractivity (Wildman–Crippen MR) is 104 cm³/mol. The molecule has 4 amide bonds. The maximum atomic E-state index is 12.7. The monoisotopic (exact) mass is 398 g/mol. The van der Waals surface area contributed by atoms with Crippen LogP contribution in [0.25, 0.3) is 0 Å². The van der Waals surface area contributed by atoms with Gasteiger partial charge in [-0.15, -0.1) is 0 Å². The van der Waals surface area contributed by atoms with Gasteiger partial charge in [-0.1, -0.05) is 19.8 Å². The van der Waals surface area contributed by atoms with Crippen LogP contribution >= 0.6 is 0 Å². The van der Waals surface area contributed by atoms with Gasteiger partial charge in [-0.2, -0.15) is 0 Å². The van der Waals surface area contributed by atoms with Crippen LogP contribution < -0.4 is 16.0 Å². The van der Waals surface area contributed by atoms with E-state index >= 15 is 0 Å². The van der Waals surface area contributed by atoms with Gasteiger partial charge >= 0.3 is 6.09 Å². The molecule has 1 heterocycles. The standard InChI is InChI=1S/C19H34N4O5/c1-6-7-9-13(16(25)20-5)22-17(26)14-10-8-11-23(14)15(24)12-21-18(27)28-19(2,3)4/h13-14H,6-12H2,1-5H3,(H,20,25)(H,21,27)(H,22,26)/t13-,14-/m0/s1. The number of hydrogen-bond donors (Lipinski definition) is 3. The first-order valence-electron chi connectivity index (χ1n) is 9.87. The molecular formula is C19H34N4O5. The highest BCUT2D eigenvalue weighted by atomic mass is 16.6. The zero-order chi connectivity index (χ0) is 21.3. The van der Waals surface area contributed by atoms with Crippen LogP contribution in [0.4, 0.5) is 4.79 Å². The number of carbonyl (C=O) groups excluding carboxylic acids is 4. The molecule has 0 bridgehead atoms. The van der Waals surface area contributed by atoms with Crippen molar-refractivity contribution in [2.75, 3.05) is 20.1 Å². The van der Waals surface area contributed by atoms with Gasteiger partial charge in [0.2, 0.25) is 17.7 Å². The first kappa shape index (κ1) is 23.7. The van der Waals surface area contributed by atoms with E-state index in [1.165, 1.54) is 11.9 Å². The van der Waals surface area contributed by atoms with Gasteiger partial charge in [0.1, 0.15) is 24.2 Å². The molecular weight excluding hydrogens is 364 g/mol. The minimum absolute atomic E-state index is 0.243. The van der Waals surface area contributed by atoms with Crippen LogP contribution in [0.2, 0.25) is 0 Å². The Morgan fingerprint density at radius 3 is 2.46 bits per heavy atom. The minimum Gasteiger partial charge on any atom is -0.444 e. The molecule has 0 aromatic heterocycles. The Kier molecular flexibility index (Phi) is 9.21. The Hall–Kier alpha value is -2.32. The van der Waals surface area contributed by atoms with E-state index in [-0.39, 0.29) is 24.3 Å². The van der Waals surface area contributed by atoms with Gasteiger partial charge in [0.25, 0.3) is 0 Å². The number of ether oxygens (including phenoxy) is 1. The summed E-state index contributed by atoms with van der Waals surface area (Å²) in [6.45, 7) is 7.40. The molecule has 0 unspecified atom stereocenters. The number of carbonyl (C=O) groups is 4. The average molecular weight is 399 g/mol. The molecule has 1 aliphatic rings. The number of nitrogens with zero attached hydrogens (tertiary/aromatic N) is 1. The Labute approximate surface area is 166 Å². The van der Waals surface area contributed by atoms with Crippen molar-refractivity contribution >= 4 is 23.8 Å². The zero-order valence-electron chi connectivity index (χ0n) is 17.6. The lowest BCUT2D eigenvalue weighted by Gasteiger charge is -2.26. The second-order valence-electron chi connectivity index (χ2n) is 7.92. The van der Waals surface area contributed by atoms with Crippen molar-refractivity contribution in [2.24, 2.45) is 0 Å². The third-order valence-corrected chi connectivity index (χ3v) is 4.38. The molecule has 3 N–H and O–H groups in total. The molecule has 9 nitrogen and oxygen atoms in total. The van der Waals surface area contributed by atoms with E-state index in [0.29, 0.717) is 25.8 Å². The van der Waals surface area contributed by atoms with Crippen LogP contribution in [0.1, 0.15) is 59.8 Å². The summed E-state index contributed by atoms with van der Waals surface area (Å²) in [6.07, 6.45) is 2.80. The van der Waals surface area contributed by atoms with Crippen molar-refractivity contribution in [1.29, 1.82) is 0 Å². The Bertz CT molecular complexity index is 573. The van der Waals surface area contributed by atoms with Crippen molar-refractivity contribution in [2.45, 2.75) is 77.5 Å². The van der Waals surface area contributed by atoms with Crippen LogP contribution in [-0.4, -0.2) is 66.5 Å². The largest absolute Gasteiger partial charge is 0.444 e. The van der Waals surface area contributed by atoms with Crippen LogP contribution in [0, 0.1) is 0 Å². The van der Waals surface area contributed by atoms with E-state index in [1.54, 1.807) is 20.8 Å². The Morgan fingerprint density at radius 1 is 1.21 bits per heavy atom. The zero-order valence-corrected chi connectivity index (χ0v) is 17.6. The number of likely N-dealkylation sites (tertiary alicyclic amines) is 1. The van der Waals surface area contributed by atoms with Crippen molar-refractivity contribution in [3.05, 3.63) is 0 Å². The summed E-state index contributed by atoms with van der Waals surface area (Å²) in [6, 6.07) is -1.25. The molecule has 0 saturated carbocycles. The average Bonchev–Trinajstić information content (AvgIpc) is 3.10. The second kappa shape index (κ2) is 10.9. The van der Waals surface area contributed by atoms with E-state index in [2.05, 4.69) is 16.0 Å². The van der Waals surface area contributed by atoms with E-state index in [4.69, 9.17) is 4.74 Å². The molecule has 1 fully saturated rings. The molecule has 1 saturated heterocycles. The fourth-order valence-corrected chi connectivity index (χ4v) is 3.02. The number of rotatable bonds is 8. The summed E-state index contributed by atoms with van der Waals surface area (Å²) in [5.41, 5.74) is -0.656. The predicted octanol–water partition coefficient (Wildman–Crippen LogP) is 0.923. The molecule has 0 aromatic carbocycles. The molecule has 0 radical (unpaired) electrons. The highest BCUT2D eigenvalue weighted by Crippen LogP contribution is 2.18. The first-order valence-corrected chi connectivity index (χ1v) is 9.87. The van der Waals surface area contributed by atoms with E-state index in [1.807, 2.05) is 6.92 Å². The third-order valence-electron chi connectivity index (χ3n) is 4.38. The number of likely N-dealkylation sites (N-methyl/N-ethyl adjacent to an activating group) is 1. The van der Waals surface area contributed by atoms with Crippen LogP contribution in [-0.2, 0) is 19.1 Å². The summed E-state index contributed by atoms with van der Waals surface area (Å²) in [7, 11) is 1.53. The fraction of sp³-hybridized carbons (Fsp3) is 0.789.